The summed E-state index contributed by atoms with van der Waals surface area (Å²) in [5, 5.41) is 2.87. The maximum absolute atomic E-state index is 14.3. The Labute approximate surface area is 196 Å². The third kappa shape index (κ3) is 7.99. The normalized spacial score (nSPS) is 12.8. The summed E-state index contributed by atoms with van der Waals surface area (Å²) in [6, 6.07) is 7.84. The Balaban J connectivity index is 2.13. The molecule has 1 atom stereocenters. The summed E-state index contributed by atoms with van der Waals surface area (Å²) in [4.78, 5) is 17.4. The largest absolute Gasteiger partial charge is 0.477 e. The fraction of sp³-hybridized carbons (Fsp3) is 0.500. The van der Waals surface area contributed by atoms with Crippen molar-refractivity contribution in [2.24, 2.45) is 0 Å². The number of rotatable bonds is 10. The van der Waals surface area contributed by atoms with E-state index in [1.165, 1.54) is 12.1 Å². The zero-order valence-electron chi connectivity index (χ0n) is 20.2. The highest BCUT2D eigenvalue weighted by atomic mass is 32.2. The number of hydrogen-bond acceptors (Lipinski definition) is 5. The molecule has 1 amide bonds. The van der Waals surface area contributed by atoms with E-state index in [-0.39, 0.29) is 23.6 Å². The Bertz CT molecular complexity index is 1080. The molecule has 0 saturated carbocycles. The van der Waals surface area contributed by atoms with Gasteiger partial charge in [-0.3, -0.25) is 9.52 Å². The average molecular weight is 480 g/mol. The molecule has 0 saturated heterocycles. The van der Waals surface area contributed by atoms with Crippen LogP contribution in [0.5, 0.6) is 5.88 Å². The standard InChI is InChI=1S/C24H34FN3O4S/c1-7-8-13-32-23-18(10-12-21(27-23)24(3,4)5)15-26-22(29)16(2)17-9-11-20(19(25)14-17)28-33(6,30)31/h9-12,14,16,28H,7-8,13,15H2,1-6H3,(H,26,29). The molecule has 9 heteroatoms. The molecular formula is C24H34FN3O4S. The van der Waals surface area contributed by atoms with Crippen LogP contribution in [0.2, 0.25) is 0 Å². The zero-order valence-corrected chi connectivity index (χ0v) is 21.0. The molecule has 0 aliphatic rings. The predicted octanol–water partition coefficient (Wildman–Crippen LogP) is 4.49. The van der Waals surface area contributed by atoms with Crippen LogP contribution in [-0.4, -0.2) is 32.2 Å². The lowest BCUT2D eigenvalue weighted by Gasteiger charge is -2.20. The van der Waals surface area contributed by atoms with E-state index in [1.54, 1.807) is 6.92 Å². The van der Waals surface area contributed by atoms with Gasteiger partial charge in [-0.05, 0) is 37.1 Å². The molecular weight excluding hydrogens is 445 g/mol. The second-order valence-corrected chi connectivity index (χ2v) is 10.9. The number of nitrogens with zero attached hydrogens (tertiary/aromatic N) is 1. The van der Waals surface area contributed by atoms with E-state index in [1.807, 2.05) is 12.1 Å². The van der Waals surface area contributed by atoms with Crippen molar-refractivity contribution in [1.29, 1.82) is 0 Å². The summed E-state index contributed by atoms with van der Waals surface area (Å²) in [5.74, 6) is -1.17. The molecule has 0 radical (unpaired) electrons. The number of amides is 1. The van der Waals surface area contributed by atoms with Crippen LogP contribution >= 0.6 is 0 Å². The molecule has 1 aromatic carbocycles. The third-order valence-corrected chi connectivity index (χ3v) is 5.67. The molecule has 2 N–H and O–H groups in total. The summed E-state index contributed by atoms with van der Waals surface area (Å²) in [5.41, 5.74) is 1.80. The van der Waals surface area contributed by atoms with E-state index >= 15 is 0 Å². The fourth-order valence-corrected chi connectivity index (χ4v) is 3.59. The van der Waals surface area contributed by atoms with Gasteiger partial charge in [0.15, 0.2) is 0 Å². The van der Waals surface area contributed by atoms with Crippen LogP contribution in [0, 0.1) is 5.82 Å². The van der Waals surface area contributed by atoms with Crippen molar-refractivity contribution in [3.8, 4) is 5.88 Å². The Morgan fingerprint density at radius 3 is 2.48 bits per heavy atom. The van der Waals surface area contributed by atoms with Crippen LogP contribution in [-0.2, 0) is 26.8 Å². The lowest BCUT2D eigenvalue weighted by Crippen LogP contribution is -2.28. The van der Waals surface area contributed by atoms with Gasteiger partial charge in [-0.2, -0.15) is 0 Å². The van der Waals surface area contributed by atoms with Gasteiger partial charge in [0.25, 0.3) is 0 Å². The highest BCUT2D eigenvalue weighted by molar-refractivity contribution is 7.92. The molecule has 2 aromatic rings. The number of pyridine rings is 1. The van der Waals surface area contributed by atoms with Crippen molar-refractivity contribution >= 4 is 21.6 Å². The van der Waals surface area contributed by atoms with Crippen LogP contribution in [0.15, 0.2) is 30.3 Å². The van der Waals surface area contributed by atoms with Gasteiger partial charge in [0.05, 0.1) is 24.5 Å². The second kappa shape index (κ2) is 11.0. The fourth-order valence-electron chi connectivity index (χ4n) is 3.03. The number of halogens is 1. The lowest BCUT2D eigenvalue weighted by atomic mass is 9.91. The molecule has 0 fully saturated rings. The van der Waals surface area contributed by atoms with E-state index in [0.29, 0.717) is 18.1 Å². The quantitative estimate of drug-likeness (QED) is 0.490. The Hall–Kier alpha value is -2.68. The number of hydrogen-bond donors (Lipinski definition) is 2. The van der Waals surface area contributed by atoms with E-state index < -0.39 is 21.8 Å². The van der Waals surface area contributed by atoms with E-state index in [4.69, 9.17) is 4.74 Å². The molecule has 0 aliphatic heterocycles. The molecule has 0 spiro atoms. The number of benzene rings is 1. The molecule has 182 valence electrons. The van der Waals surface area contributed by atoms with Crippen LogP contribution in [0.4, 0.5) is 10.1 Å². The van der Waals surface area contributed by atoms with Gasteiger partial charge >= 0.3 is 0 Å². The summed E-state index contributed by atoms with van der Waals surface area (Å²) in [7, 11) is -3.60. The summed E-state index contributed by atoms with van der Waals surface area (Å²) < 4.78 is 45.0. The molecule has 2 rings (SSSR count). The molecule has 33 heavy (non-hydrogen) atoms. The molecule has 1 aromatic heterocycles. The number of anilines is 1. The van der Waals surface area contributed by atoms with Crippen molar-refractivity contribution in [1.82, 2.24) is 10.3 Å². The number of sulfonamides is 1. The third-order valence-electron chi connectivity index (χ3n) is 5.08. The van der Waals surface area contributed by atoms with Crippen molar-refractivity contribution in [3.63, 3.8) is 0 Å². The summed E-state index contributed by atoms with van der Waals surface area (Å²) in [6.07, 6.45) is 2.84. The number of nitrogens with one attached hydrogen (secondary N) is 2. The molecule has 0 aliphatic carbocycles. The number of carbonyl (C=O) groups excluding carboxylic acids is 1. The maximum Gasteiger partial charge on any atom is 0.229 e. The average Bonchev–Trinajstić information content (AvgIpc) is 2.72. The number of aromatic nitrogens is 1. The minimum Gasteiger partial charge on any atom is -0.477 e. The Kier molecular flexibility index (Phi) is 8.82. The van der Waals surface area contributed by atoms with E-state index in [9.17, 15) is 17.6 Å². The van der Waals surface area contributed by atoms with Crippen molar-refractivity contribution in [2.45, 2.75) is 65.3 Å². The van der Waals surface area contributed by atoms with Crippen molar-refractivity contribution in [2.75, 3.05) is 17.6 Å². The van der Waals surface area contributed by atoms with E-state index in [0.717, 1.165) is 36.4 Å². The molecule has 7 nitrogen and oxygen atoms in total. The van der Waals surface area contributed by atoms with Gasteiger partial charge in [-0.15, -0.1) is 0 Å². The molecule has 1 unspecified atom stereocenters. The second-order valence-electron chi connectivity index (χ2n) is 9.17. The Morgan fingerprint density at radius 2 is 1.91 bits per heavy atom. The van der Waals surface area contributed by atoms with Crippen LogP contribution < -0.4 is 14.8 Å². The van der Waals surface area contributed by atoms with Gasteiger partial charge < -0.3 is 10.1 Å². The van der Waals surface area contributed by atoms with Crippen LogP contribution in [0.1, 0.15) is 70.2 Å². The first kappa shape index (κ1) is 26.6. The van der Waals surface area contributed by atoms with Gasteiger partial charge in [0.1, 0.15) is 5.82 Å². The number of carbonyl (C=O) groups is 1. The van der Waals surface area contributed by atoms with Crippen molar-refractivity contribution in [3.05, 3.63) is 53.0 Å². The lowest BCUT2D eigenvalue weighted by molar-refractivity contribution is -0.122. The minimum atomic E-state index is -3.60. The van der Waals surface area contributed by atoms with Crippen LogP contribution in [0.25, 0.3) is 0 Å². The predicted molar refractivity (Wildman–Crippen MR) is 128 cm³/mol. The summed E-state index contributed by atoms with van der Waals surface area (Å²) in [6.45, 7) is 10.7. The zero-order chi connectivity index (χ0) is 24.8. The first-order chi connectivity index (χ1) is 15.3. The first-order valence-corrected chi connectivity index (χ1v) is 12.9. The molecule has 0 bridgehead atoms. The number of unbranched alkanes of at least 4 members (excludes halogenated alkanes) is 1. The topological polar surface area (TPSA) is 97.4 Å². The smallest absolute Gasteiger partial charge is 0.229 e. The molecule has 1 heterocycles. The Morgan fingerprint density at radius 1 is 1.21 bits per heavy atom. The van der Waals surface area contributed by atoms with Crippen molar-refractivity contribution < 1.29 is 22.3 Å². The highest BCUT2D eigenvalue weighted by Gasteiger charge is 2.20. The maximum atomic E-state index is 14.3. The van der Waals surface area contributed by atoms with Gasteiger partial charge in [-0.25, -0.2) is 17.8 Å². The highest BCUT2D eigenvalue weighted by Crippen LogP contribution is 2.26. The SMILES string of the molecule is CCCCOc1nc(C(C)(C)C)ccc1CNC(=O)C(C)c1ccc(NS(C)(=O)=O)c(F)c1. The van der Waals surface area contributed by atoms with Gasteiger partial charge in [-0.1, -0.05) is 46.2 Å². The summed E-state index contributed by atoms with van der Waals surface area (Å²) >= 11 is 0. The monoisotopic (exact) mass is 479 g/mol. The minimum absolute atomic E-state index is 0.138. The van der Waals surface area contributed by atoms with Gasteiger partial charge in [0.2, 0.25) is 21.8 Å². The van der Waals surface area contributed by atoms with Gasteiger partial charge in [0, 0.05) is 23.2 Å². The van der Waals surface area contributed by atoms with E-state index in [2.05, 4.69) is 42.7 Å². The number of ether oxygens (including phenoxy) is 1. The van der Waals surface area contributed by atoms with Crippen LogP contribution in [0.3, 0.4) is 0 Å². The first-order valence-electron chi connectivity index (χ1n) is 11.0.